The highest BCUT2D eigenvalue weighted by Crippen LogP contribution is 2.20. The van der Waals surface area contributed by atoms with Crippen molar-refractivity contribution in [2.45, 2.75) is 6.54 Å². The maximum atomic E-state index is 13.8. The largest absolute Gasteiger partial charge is 0.365 e. The van der Waals surface area contributed by atoms with Crippen molar-refractivity contribution >= 4 is 28.4 Å². The van der Waals surface area contributed by atoms with Crippen molar-refractivity contribution in [2.24, 2.45) is 0 Å². The number of nitrogens with one attached hydrogen (secondary N) is 3. The molecule has 0 bridgehead atoms. The number of terminal acetylenes is 1. The number of anilines is 2. The maximum absolute atomic E-state index is 13.8. The number of pyridine rings is 2. The second-order valence-electron chi connectivity index (χ2n) is 6.29. The second-order valence-corrected chi connectivity index (χ2v) is 6.29. The van der Waals surface area contributed by atoms with Crippen molar-refractivity contribution in [3.63, 3.8) is 0 Å². The Labute approximate surface area is 166 Å². The van der Waals surface area contributed by atoms with Crippen LogP contribution in [0.5, 0.6) is 0 Å². The van der Waals surface area contributed by atoms with E-state index in [4.69, 9.17) is 6.42 Å². The highest BCUT2D eigenvalue weighted by atomic mass is 19.1. The molecule has 0 fully saturated rings. The van der Waals surface area contributed by atoms with Crippen molar-refractivity contribution in [2.75, 3.05) is 10.6 Å². The van der Waals surface area contributed by atoms with Crippen molar-refractivity contribution in [3.8, 4) is 12.3 Å². The summed E-state index contributed by atoms with van der Waals surface area (Å²) in [4.78, 5) is 24.1. The van der Waals surface area contributed by atoms with E-state index in [2.05, 4.69) is 31.5 Å². The summed E-state index contributed by atoms with van der Waals surface area (Å²) < 4.78 is 13.8. The average molecular weight is 385 g/mol. The van der Waals surface area contributed by atoms with Crippen LogP contribution >= 0.6 is 0 Å². The van der Waals surface area contributed by atoms with Crippen LogP contribution in [0.15, 0.2) is 61.1 Å². The minimum Gasteiger partial charge on any atom is -0.365 e. The number of nitrogens with zero attached hydrogens (tertiary/aromatic N) is 2. The Kier molecular flexibility index (Phi) is 4.91. The zero-order valence-corrected chi connectivity index (χ0v) is 15.2. The van der Waals surface area contributed by atoms with Crippen LogP contribution < -0.4 is 10.6 Å². The molecule has 4 aromatic rings. The van der Waals surface area contributed by atoms with Gasteiger partial charge in [0, 0.05) is 35.6 Å². The summed E-state index contributed by atoms with van der Waals surface area (Å²) in [6.45, 7) is 0.395. The van der Waals surface area contributed by atoms with Crippen LogP contribution in [0.2, 0.25) is 0 Å². The molecule has 0 aliphatic rings. The molecule has 0 saturated heterocycles. The zero-order valence-electron chi connectivity index (χ0n) is 15.2. The quantitative estimate of drug-likeness (QED) is 0.455. The van der Waals surface area contributed by atoms with Gasteiger partial charge in [-0.05, 0) is 48.0 Å². The van der Waals surface area contributed by atoms with Gasteiger partial charge in [-0.25, -0.2) is 14.4 Å². The normalized spacial score (nSPS) is 10.5. The first-order valence-electron chi connectivity index (χ1n) is 8.82. The highest BCUT2D eigenvalue weighted by Gasteiger charge is 2.15. The van der Waals surface area contributed by atoms with Crippen LogP contribution in [-0.2, 0) is 6.54 Å². The molecule has 0 radical (unpaired) electrons. The minimum absolute atomic E-state index is 0.102. The van der Waals surface area contributed by atoms with Crippen molar-refractivity contribution in [1.82, 2.24) is 15.0 Å². The van der Waals surface area contributed by atoms with Crippen molar-refractivity contribution in [1.29, 1.82) is 0 Å². The van der Waals surface area contributed by atoms with Crippen LogP contribution in [0.1, 0.15) is 21.5 Å². The fourth-order valence-electron chi connectivity index (χ4n) is 2.95. The lowest BCUT2D eigenvalue weighted by Gasteiger charge is -2.12. The highest BCUT2D eigenvalue weighted by molar-refractivity contribution is 6.07. The van der Waals surface area contributed by atoms with Gasteiger partial charge in [0.15, 0.2) is 0 Å². The van der Waals surface area contributed by atoms with Crippen LogP contribution in [0.4, 0.5) is 15.9 Å². The molecule has 0 saturated carbocycles. The lowest BCUT2D eigenvalue weighted by Crippen LogP contribution is -2.16. The Hall–Kier alpha value is -4.18. The Morgan fingerprint density at radius 1 is 1.17 bits per heavy atom. The molecule has 0 aliphatic heterocycles. The van der Waals surface area contributed by atoms with E-state index in [0.717, 1.165) is 28.9 Å². The van der Waals surface area contributed by atoms with Crippen molar-refractivity contribution in [3.05, 3.63) is 83.6 Å². The van der Waals surface area contributed by atoms with E-state index in [-0.39, 0.29) is 11.4 Å². The van der Waals surface area contributed by atoms with E-state index in [9.17, 15) is 9.18 Å². The van der Waals surface area contributed by atoms with Gasteiger partial charge in [0.2, 0.25) is 0 Å². The van der Waals surface area contributed by atoms with E-state index < -0.39 is 11.7 Å². The number of aromatic nitrogens is 3. The van der Waals surface area contributed by atoms with E-state index in [1.54, 1.807) is 30.5 Å². The van der Waals surface area contributed by atoms with Gasteiger partial charge in [-0.3, -0.25) is 4.79 Å². The number of H-pyrrole nitrogens is 1. The number of hydrogen-bond acceptors (Lipinski definition) is 4. The molecule has 7 heteroatoms. The third-order valence-corrected chi connectivity index (χ3v) is 4.41. The average Bonchev–Trinajstić information content (AvgIpc) is 3.23. The molecule has 1 aromatic carbocycles. The lowest BCUT2D eigenvalue weighted by atomic mass is 10.1. The van der Waals surface area contributed by atoms with E-state index >= 15 is 0 Å². The molecule has 29 heavy (non-hydrogen) atoms. The summed E-state index contributed by atoms with van der Waals surface area (Å²) in [6.07, 6.45) is 9.91. The predicted octanol–water partition coefficient (Wildman–Crippen LogP) is 3.94. The molecule has 0 spiro atoms. The first-order chi connectivity index (χ1) is 14.1. The number of carbonyl (C=O) groups is 1. The molecule has 0 unspecified atom stereocenters. The fourth-order valence-corrected chi connectivity index (χ4v) is 2.95. The Balaban J connectivity index is 1.56. The fraction of sp³-hybridized carbons (Fsp3) is 0.0455. The van der Waals surface area contributed by atoms with Gasteiger partial charge < -0.3 is 15.6 Å². The molecule has 3 aromatic heterocycles. The van der Waals surface area contributed by atoms with Crippen LogP contribution in [0.25, 0.3) is 11.0 Å². The molecule has 4 rings (SSSR count). The van der Waals surface area contributed by atoms with Gasteiger partial charge in [0.25, 0.3) is 5.91 Å². The number of amides is 1. The van der Waals surface area contributed by atoms with Crippen LogP contribution in [0, 0.1) is 18.2 Å². The van der Waals surface area contributed by atoms with E-state index in [1.807, 2.05) is 18.3 Å². The van der Waals surface area contributed by atoms with Gasteiger partial charge in [-0.2, -0.15) is 0 Å². The monoisotopic (exact) mass is 385 g/mol. The topological polar surface area (TPSA) is 82.7 Å². The number of carbonyl (C=O) groups excluding carboxylic acids is 1. The third-order valence-electron chi connectivity index (χ3n) is 4.41. The molecule has 1 amide bonds. The Bertz CT molecular complexity index is 1220. The zero-order chi connectivity index (χ0) is 20.2. The lowest BCUT2D eigenvalue weighted by molar-refractivity contribution is 0.102. The van der Waals surface area contributed by atoms with Gasteiger partial charge in [0.05, 0.1) is 11.8 Å². The molecule has 0 atom stereocenters. The van der Waals surface area contributed by atoms with Gasteiger partial charge in [-0.1, -0.05) is 5.92 Å². The summed E-state index contributed by atoms with van der Waals surface area (Å²) in [5.41, 5.74) is 3.09. The van der Waals surface area contributed by atoms with Gasteiger partial charge in [-0.15, -0.1) is 6.42 Å². The van der Waals surface area contributed by atoms with Gasteiger partial charge >= 0.3 is 0 Å². The first kappa shape index (κ1) is 18.2. The first-order valence-corrected chi connectivity index (χ1v) is 8.82. The smallest absolute Gasteiger partial charge is 0.259 e. The van der Waals surface area contributed by atoms with E-state index in [1.165, 1.54) is 0 Å². The number of hydrogen-bond donors (Lipinski definition) is 3. The SMILES string of the molecule is C#Cc1ccc(NC(=O)c2cc(F)cnc2NCc2ccnc3[nH]ccc23)cc1. The standard InChI is InChI=1S/C22H16FN5O/c1-2-14-3-5-17(6-4-14)28-22(29)19-11-16(23)13-27-21(19)26-12-15-7-9-24-20-18(15)8-10-25-20/h1,3-11,13H,12H2,(H,24,25)(H,26,27)(H,28,29). The molecule has 6 nitrogen and oxygen atoms in total. The Morgan fingerprint density at radius 3 is 2.79 bits per heavy atom. The molecular weight excluding hydrogens is 369 g/mol. The Morgan fingerprint density at radius 2 is 2.00 bits per heavy atom. The molecule has 0 aliphatic carbocycles. The van der Waals surface area contributed by atoms with Crippen LogP contribution in [-0.4, -0.2) is 20.9 Å². The number of rotatable bonds is 5. The summed E-state index contributed by atoms with van der Waals surface area (Å²) in [5.74, 6) is 1.72. The number of aromatic amines is 1. The summed E-state index contributed by atoms with van der Waals surface area (Å²) in [6, 6.07) is 11.7. The van der Waals surface area contributed by atoms with Crippen molar-refractivity contribution < 1.29 is 9.18 Å². The minimum atomic E-state index is -0.597. The molecular formula is C22H16FN5O. The van der Waals surface area contributed by atoms with Gasteiger partial charge in [0.1, 0.15) is 17.3 Å². The van der Waals surface area contributed by atoms with E-state index in [0.29, 0.717) is 17.8 Å². The summed E-state index contributed by atoms with van der Waals surface area (Å²) in [7, 11) is 0. The second kappa shape index (κ2) is 7.82. The third kappa shape index (κ3) is 3.92. The number of fused-ring (bicyclic) bond motifs is 1. The number of benzene rings is 1. The number of halogens is 1. The molecule has 3 N–H and O–H groups in total. The molecule has 3 heterocycles. The van der Waals surface area contributed by atoms with Crippen LogP contribution in [0.3, 0.4) is 0 Å². The summed E-state index contributed by atoms with van der Waals surface area (Å²) in [5, 5.41) is 6.81. The maximum Gasteiger partial charge on any atom is 0.259 e. The predicted molar refractivity (Wildman–Crippen MR) is 110 cm³/mol. The summed E-state index contributed by atoms with van der Waals surface area (Å²) >= 11 is 0. The molecule has 142 valence electrons.